The SMILES string of the molecule is CC(=O)Nc1cccc(NC(=S)Nc2ccc(C)cc2)c1. The van der Waals surface area contributed by atoms with Crippen LogP contribution in [0.25, 0.3) is 0 Å². The van der Waals surface area contributed by atoms with Gasteiger partial charge in [0.25, 0.3) is 0 Å². The molecule has 3 N–H and O–H groups in total. The van der Waals surface area contributed by atoms with Gasteiger partial charge >= 0.3 is 0 Å². The summed E-state index contributed by atoms with van der Waals surface area (Å²) in [4.78, 5) is 11.0. The molecule has 0 aliphatic carbocycles. The van der Waals surface area contributed by atoms with Crippen molar-refractivity contribution >= 4 is 40.3 Å². The highest BCUT2D eigenvalue weighted by atomic mass is 32.1. The lowest BCUT2D eigenvalue weighted by Crippen LogP contribution is -2.19. The lowest BCUT2D eigenvalue weighted by atomic mass is 10.2. The normalized spacial score (nSPS) is 9.81. The number of thiocarbonyl (C=S) groups is 1. The first-order valence-electron chi connectivity index (χ1n) is 6.55. The molecule has 2 rings (SSSR count). The van der Waals surface area contributed by atoms with E-state index >= 15 is 0 Å². The Kier molecular flexibility index (Phi) is 4.90. The van der Waals surface area contributed by atoms with Gasteiger partial charge in [-0.3, -0.25) is 4.79 Å². The summed E-state index contributed by atoms with van der Waals surface area (Å²) in [6, 6.07) is 15.4. The van der Waals surface area contributed by atoms with Crippen molar-refractivity contribution in [2.45, 2.75) is 13.8 Å². The van der Waals surface area contributed by atoms with Gasteiger partial charge in [-0.15, -0.1) is 0 Å². The van der Waals surface area contributed by atoms with Crippen molar-refractivity contribution < 1.29 is 4.79 Å². The number of aryl methyl sites for hydroxylation is 1. The molecule has 0 aromatic heterocycles. The lowest BCUT2D eigenvalue weighted by Gasteiger charge is -2.12. The number of carbonyl (C=O) groups excluding carboxylic acids is 1. The molecule has 2 aromatic rings. The summed E-state index contributed by atoms with van der Waals surface area (Å²) in [7, 11) is 0. The molecule has 0 saturated carbocycles. The summed E-state index contributed by atoms with van der Waals surface area (Å²) in [5.41, 5.74) is 3.66. The average molecular weight is 299 g/mol. The molecule has 5 heteroatoms. The van der Waals surface area contributed by atoms with Crippen LogP contribution in [0.4, 0.5) is 17.1 Å². The van der Waals surface area contributed by atoms with E-state index in [2.05, 4.69) is 16.0 Å². The van der Waals surface area contributed by atoms with E-state index < -0.39 is 0 Å². The predicted molar refractivity (Wildman–Crippen MR) is 91.8 cm³/mol. The third-order valence-corrected chi connectivity index (χ3v) is 2.95. The van der Waals surface area contributed by atoms with E-state index in [1.165, 1.54) is 12.5 Å². The number of rotatable bonds is 3. The summed E-state index contributed by atoms with van der Waals surface area (Å²) in [6.07, 6.45) is 0. The third-order valence-electron chi connectivity index (χ3n) is 2.75. The first-order valence-corrected chi connectivity index (χ1v) is 6.96. The zero-order chi connectivity index (χ0) is 15.2. The van der Waals surface area contributed by atoms with E-state index in [4.69, 9.17) is 12.2 Å². The summed E-state index contributed by atoms with van der Waals surface area (Å²) < 4.78 is 0. The first kappa shape index (κ1) is 15.0. The maximum Gasteiger partial charge on any atom is 0.221 e. The molecule has 0 radical (unpaired) electrons. The maximum absolute atomic E-state index is 11.0. The minimum Gasteiger partial charge on any atom is -0.332 e. The molecular formula is C16H17N3OS. The van der Waals surface area contributed by atoms with Crippen LogP contribution in [-0.2, 0) is 4.79 Å². The van der Waals surface area contributed by atoms with Gasteiger partial charge in [0, 0.05) is 24.0 Å². The van der Waals surface area contributed by atoms with Gasteiger partial charge in [0.1, 0.15) is 0 Å². The summed E-state index contributed by atoms with van der Waals surface area (Å²) in [6.45, 7) is 3.51. The third kappa shape index (κ3) is 4.89. The highest BCUT2D eigenvalue weighted by Gasteiger charge is 2.01. The molecule has 108 valence electrons. The second-order valence-corrected chi connectivity index (χ2v) is 5.12. The molecule has 0 aliphatic rings. The van der Waals surface area contributed by atoms with Crippen LogP contribution in [0.2, 0.25) is 0 Å². The van der Waals surface area contributed by atoms with Crippen molar-refractivity contribution in [1.82, 2.24) is 0 Å². The van der Waals surface area contributed by atoms with Gasteiger partial charge in [0.2, 0.25) is 5.91 Å². The number of hydrogen-bond donors (Lipinski definition) is 3. The van der Waals surface area contributed by atoms with Gasteiger partial charge in [0.05, 0.1) is 0 Å². The number of nitrogens with one attached hydrogen (secondary N) is 3. The monoisotopic (exact) mass is 299 g/mol. The van der Waals surface area contributed by atoms with Gasteiger partial charge in [-0.25, -0.2) is 0 Å². The number of benzene rings is 2. The summed E-state index contributed by atoms with van der Waals surface area (Å²) in [5, 5.41) is 9.43. The molecule has 0 saturated heterocycles. The predicted octanol–water partition coefficient (Wildman–Crippen LogP) is 3.76. The number of hydrogen-bond acceptors (Lipinski definition) is 2. The van der Waals surface area contributed by atoms with Gasteiger partial charge in [-0.2, -0.15) is 0 Å². The molecule has 0 aliphatic heterocycles. The van der Waals surface area contributed by atoms with Crippen LogP contribution in [0.15, 0.2) is 48.5 Å². The van der Waals surface area contributed by atoms with Crippen LogP contribution in [0.1, 0.15) is 12.5 Å². The summed E-state index contributed by atoms with van der Waals surface area (Å²) in [5.74, 6) is -0.104. The van der Waals surface area contributed by atoms with Crippen LogP contribution >= 0.6 is 12.2 Å². The van der Waals surface area contributed by atoms with Crippen LogP contribution < -0.4 is 16.0 Å². The molecule has 0 atom stereocenters. The van der Waals surface area contributed by atoms with Gasteiger partial charge in [-0.05, 0) is 49.5 Å². The number of amides is 1. The van der Waals surface area contributed by atoms with Crippen LogP contribution in [0, 0.1) is 6.92 Å². The van der Waals surface area contributed by atoms with Crippen molar-refractivity contribution in [3.63, 3.8) is 0 Å². The van der Waals surface area contributed by atoms with E-state index in [0.717, 1.165) is 17.1 Å². The maximum atomic E-state index is 11.0. The molecule has 0 bridgehead atoms. The van der Waals surface area contributed by atoms with E-state index in [1.807, 2.05) is 55.5 Å². The molecule has 4 nitrogen and oxygen atoms in total. The second kappa shape index (κ2) is 6.85. The van der Waals surface area contributed by atoms with Gasteiger partial charge < -0.3 is 16.0 Å². The van der Waals surface area contributed by atoms with E-state index in [9.17, 15) is 4.79 Å². The molecule has 21 heavy (non-hydrogen) atoms. The molecule has 1 amide bonds. The van der Waals surface area contributed by atoms with Crippen LogP contribution in [0.5, 0.6) is 0 Å². The Labute approximate surface area is 129 Å². The Hall–Kier alpha value is -2.40. The fraction of sp³-hybridized carbons (Fsp3) is 0.125. The minimum atomic E-state index is -0.104. The highest BCUT2D eigenvalue weighted by Crippen LogP contribution is 2.16. The van der Waals surface area contributed by atoms with Crippen molar-refractivity contribution in [2.24, 2.45) is 0 Å². The number of carbonyl (C=O) groups is 1. The Morgan fingerprint density at radius 1 is 0.905 bits per heavy atom. The van der Waals surface area contributed by atoms with Gasteiger partial charge in [0.15, 0.2) is 5.11 Å². The lowest BCUT2D eigenvalue weighted by molar-refractivity contribution is -0.114. The standard InChI is InChI=1S/C16H17N3OS/c1-11-6-8-13(9-7-11)18-16(21)19-15-5-3-4-14(10-15)17-12(2)20/h3-10H,1-2H3,(H,17,20)(H2,18,19,21). The quantitative estimate of drug-likeness (QED) is 0.755. The highest BCUT2D eigenvalue weighted by molar-refractivity contribution is 7.80. The molecule has 0 spiro atoms. The first-order chi connectivity index (χ1) is 10.0. The molecule has 0 heterocycles. The van der Waals surface area contributed by atoms with Crippen molar-refractivity contribution in [2.75, 3.05) is 16.0 Å². The Bertz CT molecular complexity index is 653. The van der Waals surface area contributed by atoms with Crippen LogP contribution in [0.3, 0.4) is 0 Å². The largest absolute Gasteiger partial charge is 0.332 e. The molecule has 0 unspecified atom stereocenters. The average Bonchev–Trinajstić information content (AvgIpc) is 2.41. The topological polar surface area (TPSA) is 53.2 Å². The minimum absolute atomic E-state index is 0.104. The second-order valence-electron chi connectivity index (χ2n) is 4.71. The van der Waals surface area contributed by atoms with E-state index in [-0.39, 0.29) is 5.91 Å². The van der Waals surface area contributed by atoms with E-state index in [1.54, 1.807) is 0 Å². The zero-order valence-electron chi connectivity index (χ0n) is 11.9. The Morgan fingerprint density at radius 2 is 1.48 bits per heavy atom. The molecule has 2 aromatic carbocycles. The van der Waals surface area contributed by atoms with Crippen molar-refractivity contribution in [3.05, 3.63) is 54.1 Å². The van der Waals surface area contributed by atoms with Crippen molar-refractivity contribution in [3.8, 4) is 0 Å². The fourth-order valence-corrected chi connectivity index (χ4v) is 2.04. The molecular weight excluding hydrogens is 282 g/mol. The Morgan fingerprint density at radius 3 is 2.10 bits per heavy atom. The Balaban J connectivity index is 1.99. The van der Waals surface area contributed by atoms with Crippen LogP contribution in [-0.4, -0.2) is 11.0 Å². The smallest absolute Gasteiger partial charge is 0.221 e. The number of anilines is 3. The molecule has 0 fully saturated rings. The van der Waals surface area contributed by atoms with E-state index in [0.29, 0.717) is 5.11 Å². The van der Waals surface area contributed by atoms with Gasteiger partial charge in [-0.1, -0.05) is 23.8 Å². The zero-order valence-corrected chi connectivity index (χ0v) is 12.8. The fourth-order valence-electron chi connectivity index (χ4n) is 1.81. The summed E-state index contributed by atoms with van der Waals surface area (Å²) >= 11 is 5.27. The van der Waals surface area contributed by atoms with Crippen molar-refractivity contribution in [1.29, 1.82) is 0 Å².